The molecular formula is C34H33FN6O+2. The molecule has 0 saturated carbocycles. The van der Waals surface area contributed by atoms with Crippen molar-refractivity contribution in [1.82, 2.24) is 19.1 Å². The third-order valence-electron chi connectivity index (χ3n) is 8.51. The smallest absolute Gasteiger partial charge is 0.297 e. The second-order valence-corrected chi connectivity index (χ2v) is 11.4. The van der Waals surface area contributed by atoms with Gasteiger partial charge in [0.15, 0.2) is 30.0 Å². The van der Waals surface area contributed by atoms with Gasteiger partial charge in [-0.1, -0.05) is 38.1 Å². The van der Waals surface area contributed by atoms with E-state index < -0.39 is 5.95 Å². The molecule has 210 valence electrons. The summed E-state index contributed by atoms with van der Waals surface area (Å²) >= 11 is 0. The number of aromatic nitrogens is 6. The summed E-state index contributed by atoms with van der Waals surface area (Å²) < 4.78 is 30.3. The van der Waals surface area contributed by atoms with E-state index in [0.29, 0.717) is 22.9 Å². The minimum atomic E-state index is -0.646. The van der Waals surface area contributed by atoms with Gasteiger partial charge in [-0.25, -0.2) is 9.55 Å². The summed E-state index contributed by atoms with van der Waals surface area (Å²) in [5, 5.41) is 2.09. The van der Waals surface area contributed by atoms with Gasteiger partial charge < -0.3 is 4.74 Å². The molecule has 0 N–H and O–H groups in total. The number of aryl methyl sites for hydroxylation is 4. The Kier molecular flexibility index (Phi) is 5.80. The molecule has 0 saturated heterocycles. The fourth-order valence-corrected chi connectivity index (χ4v) is 6.48. The maximum Gasteiger partial charge on any atom is 0.297 e. The van der Waals surface area contributed by atoms with E-state index in [9.17, 15) is 0 Å². The number of imidazole rings is 1. The molecule has 0 aliphatic carbocycles. The zero-order valence-corrected chi connectivity index (χ0v) is 24.9. The Morgan fingerprint density at radius 3 is 2.40 bits per heavy atom. The van der Waals surface area contributed by atoms with Gasteiger partial charge in [-0.15, -0.1) is 9.36 Å². The van der Waals surface area contributed by atoms with Crippen LogP contribution in [0.1, 0.15) is 42.1 Å². The zero-order valence-electron chi connectivity index (χ0n) is 24.9. The van der Waals surface area contributed by atoms with Crippen LogP contribution in [0, 0.1) is 26.7 Å². The number of benzene rings is 2. The van der Waals surface area contributed by atoms with Gasteiger partial charge in [-0.2, -0.15) is 8.79 Å². The fourth-order valence-electron chi connectivity index (χ4n) is 6.48. The van der Waals surface area contributed by atoms with E-state index in [1.165, 1.54) is 5.56 Å². The van der Waals surface area contributed by atoms with Crippen molar-refractivity contribution in [2.24, 2.45) is 14.1 Å². The number of rotatable bonds is 4. The quantitative estimate of drug-likeness (QED) is 0.138. The third-order valence-corrected chi connectivity index (χ3v) is 8.51. The van der Waals surface area contributed by atoms with E-state index in [0.717, 1.165) is 49.7 Å². The molecule has 5 heterocycles. The van der Waals surface area contributed by atoms with E-state index in [-0.39, 0.29) is 5.75 Å². The van der Waals surface area contributed by atoms with Crippen molar-refractivity contribution in [2.45, 2.75) is 40.5 Å². The van der Waals surface area contributed by atoms with E-state index in [1.807, 2.05) is 55.6 Å². The number of nitrogens with zero attached hydrogens (tertiary/aromatic N) is 6. The van der Waals surface area contributed by atoms with E-state index in [4.69, 9.17) is 9.72 Å². The van der Waals surface area contributed by atoms with Crippen LogP contribution in [0.15, 0.2) is 67.1 Å². The van der Waals surface area contributed by atoms with Crippen LogP contribution in [-0.4, -0.2) is 19.1 Å². The normalized spacial score (nSPS) is 12.0. The summed E-state index contributed by atoms with van der Waals surface area (Å²) in [5.41, 5.74) is 9.39. The first-order valence-corrected chi connectivity index (χ1v) is 14.2. The predicted molar refractivity (Wildman–Crippen MR) is 162 cm³/mol. The molecule has 2 aromatic carbocycles. The molecular weight excluding hydrogens is 527 g/mol. The zero-order chi connectivity index (χ0) is 29.4. The summed E-state index contributed by atoms with van der Waals surface area (Å²) in [4.78, 5) is 9.26. The molecule has 0 fully saturated rings. The SMILES string of the molecule is Cc1nc(F)c(Oc2cnc3c4c(C(C)C)cccc4n4c5ccccc5[n+](C)c4c3c2C)c(C)c1-n1ccc[n+]1C. The largest absolute Gasteiger partial charge is 0.450 e. The lowest BCUT2D eigenvalue weighted by molar-refractivity contribution is -0.744. The number of para-hydroxylation sites is 2. The van der Waals surface area contributed by atoms with E-state index in [1.54, 1.807) is 6.20 Å². The lowest BCUT2D eigenvalue weighted by Gasteiger charge is -2.17. The lowest BCUT2D eigenvalue weighted by atomic mass is 9.95. The van der Waals surface area contributed by atoms with Crippen LogP contribution >= 0.6 is 0 Å². The molecule has 0 aliphatic heterocycles. The van der Waals surface area contributed by atoms with E-state index in [2.05, 4.69) is 77.3 Å². The second kappa shape index (κ2) is 9.34. The molecule has 0 bridgehead atoms. The van der Waals surface area contributed by atoms with Crippen molar-refractivity contribution in [3.05, 3.63) is 95.5 Å². The van der Waals surface area contributed by atoms with Gasteiger partial charge in [0.2, 0.25) is 0 Å². The molecule has 7 nitrogen and oxygen atoms in total. The maximum atomic E-state index is 15.5. The first kappa shape index (κ1) is 26.1. The standard InChI is InChI=1S/C34H33FN6O/c1-19(2)23-12-10-15-26-29(23)30-28(34-39(7)24-13-8-9-14-25(24)41(26)34)20(3)27(18-36-30)42-32-21(4)31(22(5)37-33(32)35)40-17-11-16-38(40)6/h8-19H,1-7H3/q+2. The molecule has 0 radical (unpaired) electrons. The monoisotopic (exact) mass is 560 g/mol. The molecule has 7 aromatic rings. The average Bonchev–Trinajstić information content (AvgIpc) is 3.52. The molecule has 8 heteroatoms. The molecule has 0 atom stereocenters. The summed E-state index contributed by atoms with van der Waals surface area (Å²) in [6.07, 6.45) is 5.58. The third kappa shape index (κ3) is 3.57. The van der Waals surface area contributed by atoms with Crippen molar-refractivity contribution < 1.29 is 18.4 Å². The van der Waals surface area contributed by atoms with Crippen LogP contribution in [0.25, 0.3) is 44.2 Å². The molecule has 0 aliphatic rings. The van der Waals surface area contributed by atoms with Gasteiger partial charge in [0.05, 0.1) is 41.4 Å². The summed E-state index contributed by atoms with van der Waals surface area (Å²) in [6, 6.07) is 16.8. The number of halogens is 1. The Morgan fingerprint density at radius 1 is 0.905 bits per heavy atom. The van der Waals surface area contributed by atoms with Gasteiger partial charge in [0.1, 0.15) is 17.0 Å². The highest BCUT2D eigenvalue weighted by Crippen LogP contribution is 2.40. The highest BCUT2D eigenvalue weighted by Gasteiger charge is 2.29. The van der Waals surface area contributed by atoms with Crippen molar-refractivity contribution in [3.63, 3.8) is 0 Å². The molecule has 42 heavy (non-hydrogen) atoms. The minimum absolute atomic E-state index is 0.0955. The van der Waals surface area contributed by atoms with Gasteiger partial charge in [-0.3, -0.25) is 4.98 Å². The van der Waals surface area contributed by atoms with Crippen LogP contribution < -0.4 is 14.0 Å². The first-order chi connectivity index (χ1) is 20.2. The van der Waals surface area contributed by atoms with Crippen LogP contribution in [0.2, 0.25) is 0 Å². The Balaban J connectivity index is 1.56. The van der Waals surface area contributed by atoms with Crippen LogP contribution in [0.5, 0.6) is 11.5 Å². The van der Waals surface area contributed by atoms with Gasteiger partial charge >= 0.3 is 0 Å². The summed E-state index contributed by atoms with van der Waals surface area (Å²) in [5.74, 6) is 0.240. The average molecular weight is 561 g/mol. The number of hydrogen-bond acceptors (Lipinski definition) is 3. The molecule has 0 amide bonds. The summed E-state index contributed by atoms with van der Waals surface area (Å²) in [7, 11) is 4.02. The van der Waals surface area contributed by atoms with Crippen molar-refractivity contribution in [3.8, 4) is 17.2 Å². The summed E-state index contributed by atoms with van der Waals surface area (Å²) in [6.45, 7) is 10.1. The number of pyridine rings is 3. The Morgan fingerprint density at radius 2 is 1.67 bits per heavy atom. The van der Waals surface area contributed by atoms with Crippen LogP contribution in [-0.2, 0) is 14.1 Å². The topological polar surface area (TPSA) is 52.1 Å². The van der Waals surface area contributed by atoms with Crippen molar-refractivity contribution in [2.75, 3.05) is 0 Å². The van der Waals surface area contributed by atoms with E-state index >= 15 is 4.39 Å². The van der Waals surface area contributed by atoms with Gasteiger partial charge in [0.25, 0.3) is 11.6 Å². The number of hydrogen-bond donors (Lipinski definition) is 0. The number of fused-ring (bicyclic) bond motifs is 8. The van der Waals surface area contributed by atoms with Gasteiger partial charge in [0, 0.05) is 17.2 Å². The fraction of sp³-hybridized carbons (Fsp3) is 0.235. The van der Waals surface area contributed by atoms with Crippen molar-refractivity contribution >= 4 is 38.5 Å². The minimum Gasteiger partial charge on any atom is -0.450 e. The first-order valence-electron chi connectivity index (χ1n) is 14.2. The predicted octanol–water partition coefficient (Wildman–Crippen LogP) is 6.61. The Bertz CT molecular complexity index is 2230. The molecule has 0 spiro atoms. The molecule has 7 rings (SSSR count). The maximum absolute atomic E-state index is 15.5. The Labute approximate surface area is 243 Å². The molecule has 0 unspecified atom stereocenters. The highest BCUT2D eigenvalue weighted by molar-refractivity contribution is 6.13. The Hall–Kier alpha value is -4.85. The van der Waals surface area contributed by atoms with Crippen LogP contribution in [0.3, 0.4) is 0 Å². The highest BCUT2D eigenvalue weighted by atomic mass is 19.1. The second-order valence-electron chi connectivity index (χ2n) is 11.4. The number of ether oxygens (including phenoxy) is 1. The van der Waals surface area contributed by atoms with Gasteiger partial charge in [-0.05, 0) is 50.5 Å². The molecule has 5 aromatic heterocycles. The van der Waals surface area contributed by atoms with Crippen LogP contribution in [0.4, 0.5) is 4.39 Å². The van der Waals surface area contributed by atoms with Crippen molar-refractivity contribution in [1.29, 1.82) is 0 Å². The lowest BCUT2D eigenvalue weighted by Crippen LogP contribution is -2.37.